The number of rotatable bonds is 7. The van der Waals surface area contributed by atoms with E-state index in [0.717, 1.165) is 22.0 Å². The van der Waals surface area contributed by atoms with Gasteiger partial charge < -0.3 is 9.30 Å². The molecule has 0 aliphatic carbocycles. The summed E-state index contributed by atoms with van der Waals surface area (Å²) in [5.74, 6) is 0.298. The molecule has 156 valence electrons. The monoisotopic (exact) mass is 451 g/mol. The summed E-state index contributed by atoms with van der Waals surface area (Å²) in [4.78, 5) is 12.0. The third-order valence-electron chi connectivity index (χ3n) is 4.66. The SMILES string of the molecule is O=C(COc1ccccc1)N/N=C\c1cn(Cc2ccc(Cl)c(Cl)c2)c2ccccc12. The molecule has 0 fully saturated rings. The average molecular weight is 452 g/mol. The third-order valence-corrected chi connectivity index (χ3v) is 5.40. The number of amides is 1. The van der Waals surface area contributed by atoms with Crippen molar-refractivity contribution in [1.29, 1.82) is 0 Å². The second-order valence-electron chi connectivity index (χ2n) is 6.87. The lowest BCUT2D eigenvalue weighted by Gasteiger charge is -2.06. The molecule has 3 aromatic carbocycles. The Morgan fingerprint density at radius 1 is 1.00 bits per heavy atom. The van der Waals surface area contributed by atoms with Crippen molar-refractivity contribution in [2.24, 2.45) is 5.10 Å². The molecular formula is C24H19Cl2N3O2. The Balaban J connectivity index is 1.46. The van der Waals surface area contributed by atoms with Gasteiger partial charge in [-0.15, -0.1) is 0 Å². The molecule has 0 aliphatic heterocycles. The largest absolute Gasteiger partial charge is 0.484 e. The fraction of sp³-hybridized carbons (Fsp3) is 0.0833. The van der Waals surface area contributed by atoms with E-state index in [4.69, 9.17) is 27.9 Å². The van der Waals surface area contributed by atoms with Gasteiger partial charge in [0.2, 0.25) is 0 Å². The molecule has 0 saturated heterocycles. The lowest BCUT2D eigenvalue weighted by Crippen LogP contribution is -2.24. The van der Waals surface area contributed by atoms with Gasteiger partial charge in [0.25, 0.3) is 5.91 Å². The molecule has 0 spiro atoms. The molecule has 0 radical (unpaired) electrons. The number of carbonyl (C=O) groups excluding carboxylic acids is 1. The van der Waals surface area contributed by atoms with Crippen molar-refractivity contribution in [3.63, 3.8) is 0 Å². The first-order chi connectivity index (χ1) is 15.1. The highest BCUT2D eigenvalue weighted by molar-refractivity contribution is 6.42. The maximum absolute atomic E-state index is 12.0. The number of aromatic nitrogens is 1. The fourth-order valence-corrected chi connectivity index (χ4v) is 3.54. The van der Waals surface area contributed by atoms with Crippen LogP contribution in [0.3, 0.4) is 0 Å². The number of carbonyl (C=O) groups is 1. The maximum Gasteiger partial charge on any atom is 0.277 e. The molecular weight excluding hydrogens is 433 g/mol. The first-order valence-electron chi connectivity index (χ1n) is 9.62. The predicted octanol–water partition coefficient (Wildman–Crippen LogP) is 5.53. The Hall–Kier alpha value is -3.28. The molecule has 31 heavy (non-hydrogen) atoms. The van der Waals surface area contributed by atoms with Crippen molar-refractivity contribution < 1.29 is 9.53 Å². The normalized spacial score (nSPS) is 11.2. The van der Waals surface area contributed by atoms with E-state index >= 15 is 0 Å². The standard InChI is InChI=1S/C24H19Cl2N3O2/c25-21-11-10-17(12-22(21)26)14-29-15-18(20-8-4-5-9-23(20)29)13-27-28-24(30)16-31-19-6-2-1-3-7-19/h1-13,15H,14,16H2,(H,28,30)/b27-13-. The van der Waals surface area contributed by atoms with Gasteiger partial charge in [-0.3, -0.25) is 4.79 Å². The van der Waals surface area contributed by atoms with E-state index in [1.54, 1.807) is 24.4 Å². The Morgan fingerprint density at radius 3 is 2.58 bits per heavy atom. The molecule has 0 bridgehead atoms. The van der Waals surface area contributed by atoms with Gasteiger partial charge in [0.1, 0.15) is 5.75 Å². The number of hydrazone groups is 1. The van der Waals surface area contributed by atoms with E-state index in [2.05, 4.69) is 15.1 Å². The Labute approximate surface area is 189 Å². The quantitative estimate of drug-likeness (QED) is 0.296. The summed E-state index contributed by atoms with van der Waals surface area (Å²) in [6.45, 7) is 0.517. The van der Waals surface area contributed by atoms with Crippen LogP contribution in [0.5, 0.6) is 5.75 Å². The van der Waals surface area contributed by atoms with Gasteiger partial charge in [-0.1, -0.05) is 65.7 Å². The number of nitrogens with zero attached hydrogens (tertiary/aromatic N) is 2. The summed E-state index contributed by atoms with van der Waals surface area (Å²) in [7, 11) is 0. The number of para-hydroxylation sites is 2. The number of benzene rings is 3. The van der Waals surface area contributed by atoms with E-state index in [0.29, 0.717) is 22.3 Å². The van der Waals surface area contributed by atoms with Crippen molar-refractivity contribution in [2.75, 3.05) is 6.61 Å². The second kappa shape index (κ2) is 9.69. The second-order valence-corrected chi connectivity index (χ2v) is 7.69. The molecule has 4 rings (SSSR count). The van der Waals surface area contributed by atoms with Crippen LogP contribution in [0.1, 0.15) is 11.1 Å². The summed E-state index contributed by atoms with van der Waals surface area (Å²) in [6, 6.07) is 22.8. The number of hydrogen-bond acceptors (Lipinski definition) is 3. The van der Waals surface area contributed by atoms with Gasteiger partial charge in [-0.2, -0.15) is 5.10 Å². The van der Waals surface area contributed by atoms with Gasteiger partial charge in [-0.25, -0.2) is 5.43 Å². The summed E-state index contributed by atoms with van der Waals surface area (Å²) >= 11 is 12.2. The molecule has 7 heteroatoms. The van der Waals surface area contributed by atoms with Crippen molar-refractivity contribution in [3.05, 3.63) is 100 Å². The van der Waals surface area contributed by atoms with Crippen molar-refractivity contribution in [3.8, 4) is 5.75 Å². The van der Waals surface area contributed by atoms with Crippen LogP contribution in [-0.2, 0) is 11.3 Å². The van der Waals surface area contributed by atoms with Crippen LogP contribution in [-0.4, -0.2) is 23.3 Å². The first kappa shape index (κ1) is 21.0. The average Bonchev–Trinajstić information content (AvgIpc) is 3.13. The fourth-order valence-electron chi connectivity index (χ4n) is 3.22. The van der Waals surface area contributed by atoms with Crippen LogP contribution in [0.15, 0.2) is 84.1 Å². The Bertz CT molecular complexity index is 1240. The summed E-state index contributed by atoms with van der Waals surface area (Å²) in [5, 5.41) is 6.18. The number of ether oxygens (including phenoxy) is 1. The Kier molecular flexibility index (Phi) is 6.55. The molecule has 0 aliphatic rings. The highest BCUT2D eigenvalue weighted by atomic mass is 35.5. The zero-order chi connectivity index (χ0) is 21.6. The van der Waals surface area contributed by atoms with Crippen LogP contribution >= 0.6 is 23.2 Å². The molecule has 1 amide bonds. The summed E-state index contributed by atoms with van der Waals surface area (Å²) in [6.07, 6.45) is 3.62. The number of nitrogens with one attached hydrogen (secondary N) is 1. The van der Waals surface area contributed by atoms with E-state index in [1.807, 2.05) is 60.8 Å². The van der Waals surface area contributed by atoms with Gasteiger partial charge >= 0.3 is 0 Å². The zero-order valence-electron chi connectivity index (χ0n) is 16.5. The molecule has 5 nitrogen and oxygen atoms in total. The van der Waals surface area contributed by atoms with Crippen LogP contribution in [0, 0.1) is 0 Å². The summed E-state index contributed by atoms with van der Waals surface area (Å²) in [5.41, 5.74) is 5.47. The number of hydrogen-bond donors (Lipinski definition) is 1. The molecule has 1 heterocycles. The highest BCUT2D eigenvalue weighted by Crippen LogP contribution is 2.25. The zero-order valence-corrected chi connectivity index (χ0v) is 18.0. The van der Waals surface area contributed by atoms with E-state index < -0.39 is 0 Å². The molecule has 4 aromatic rings. The summed E-state index contributed by atoms with van der Waals surface area (Å²) < 4.78 is 7.53. The third kappa shape index (κ3) is 5.26. The lowest BCUT2D eigenvalue weighted by atomic mass is 10.2. The van der Waals surface area contributed by atoms with Crippen molar-refractivity contribution >= 4 is 46.2 Å². The Morgan fingerprint density at radius 2 is 1.77 bits per heavy atom. The van der Waals surface area contributed by atoms with Crippen LogP contribution < -0.4 is 10.2 Å². The smallest absolute Gasteiger partial charge is 0.277 e. The minimum atomic E-state index is -0.334. The number of halogens is 2. The maximum atomic E-state index is 12.0. The van der Waals surface area contributed by atoms with Crippen molar-refractivity contribution in [2.45, 2.75) is 6.54 Å². The van der Waals surface area contributed by atoms with Crippen LogP contribution in [0.25, 0.3) is 10.9 Å². The van der Waals surface area contributed by atoms with Gasteiger partial charge in [0, 0.05) is 29.2 Å². The molecule has 0 atom stereocenters. The topological polar surface area (TPSA) is 55.6 Å². The number of fused-ring (bicyclic) bond motifs is 1. The highest BCUT2D eigenvalue weighted by Gasteiger charge is 2.08. The van der Waals surface area contributed by atoms with Crippen LogP contribution in [0.4, 0.5) is 0 Å². The van der Waals surface area contributed by atoms with E-state index in [-0.39, 0.29) is 12.5 Å². The minimum absolute atomic E-state index is 0.111. The lowest BCUT2D eigenvalue weighted by molar-refractivity contribution is -0.123. The molecule has 0 saturated carbocycles. The van der Waals surface area contributed by atoms with E-state index in [1.165, 1.54) is 0 Å². The van der Waals surface area contributed by atoms with Crippen LogP contribution in [0.2, 0.25) is 10.0 Å². The minimum Gasteiger partial charge on any atom is -0.484 e. The predicted molar refractivity (Wildman–Crippen MR) is 125 cm³/mol. The van der Waals surface area contributed by atoms with E-state index in [9.17, 15) is 4.79 Å². The molecule has 0 unspecified atom stereocenters. The van der Waals surface area contributed by atoms with Gasteiger partial charge in [0.15, 0.2) is 6.61 Å². The molecule has 1 aromatic heterocycles. The van der Waals surface area contributed by atoms with Gasteiger partial charge in [-0.05, 0) is 35.9 Å². The van der Waals surface area contributed by atoms with Gasteiger partial charge in [0.05, 0.1) is 16.3 Å². The van der Waals surface area contributed by atoms with Crippen molar-refractivity contribution in [1.82, 2.24) is 9.99 Å². The molecule has 1 N–H and O–H groups in total. The first-order valence-corrected chi connectivity index (χ1v) is 10.4.